The summed E-state index contributed by atoms with van der Waals surface area (Å²) in [5.41, 5.74) is 4.19. The van der Waals surface area contributed by atoms with Crippen molar-refractivity contribution in [1.29, 1.82) is 0 Å². The minimum atomic E-state index is -5.56. The normalized spacial score (nSPS) is 20.2. The largest absolute Gasteiger partial charge is 0.505 e. The molecule has 48 heavy (non-hydrogen) atoms. The Morgan fingerprint density at radius 3 is 2.42 bits per heavy atom. The van der Waals surface area contributed by atoms with Crippen LogP contribution in [-0.2, 0) is 45.9 Å². The Bertz CT molecular complexity index is 1670. The van der Waals surface area contributed by atoms with Crippen molar-refractivity contribution >= 4 is 70.8 Å². The summed E-state index contributed by atoms with van der Waals surface area (Å²) in [6.07, 6.45) is -3.64. The van der Waals surface area contributed by atoms with E-state index < -0.39 is 78.0 Å². The van der Waals surface area contributed by atoms with Crippen LogP contribution in [0.5, 0.6) is 0 Å². The highest BCUT2D eigenvalue weighted by molar-refractivity contribution is 7.80. The first-order chi connectivity index (χ1) is 22.2. The molecule has 0 bridgehead atoms. The van der Waals surface area contributed by atoms with E-state index in [2.05, 4.69) is 51.6 Å². The Labute approximate surface area is 276 Å². The quantitative estimate of drug-likeness (QED) is 0.0653. The van der Waals surface area contributed by atoms with Gasteiger partial charge >= 0.3 is 23.5 Å². The number of aromatic nitrogens is 4. The first-order valence-corrected chi connectivity index (χ1v) is 18.6. The number of carbonyl (C=O) groups is 2. The number of nitrogens with zero attached hydrogens (tertiary/aromatic N) is 4. The molecule has 10 N–H and O–H groups in total. The number of amides is 2. The minimum Gasteiger partial charge on any atom is -0.505 e. The number of fused-ring (bicyclic) bond motifs is 1. The predicted molar refractivity (Wildman–Crippen MR) is 164 cm³/mol. The molecule has 0 aliphatic carbocycles. The average molecular weight is 766 g/mol. The van der Waals surface area contributed by atoms with E-state index in [1.807, 2.05) is 0 Å². The second-order valence-corrected chi connectivity index (χ2v) is 15.2. The lowest BCUT2D eigenvalue weighted by Crippen LogP contribution is -2.46. The van der Waals surface area contributed by atoms with Crippen LogP contribution < -0.4 is 16.4 Å². The van der Waals surface area contributed by atoms with Crippen molar-refractivity contribution in [3.8, 4) is 0 Å². The van der Waals surface area contributed by atoms with E-state index in [4.69, 9.17) is 15.0 Å². The standard InChI is InChI=1S/C21H34N7O16P3S/c1-21(2,16(31)19(32)24-4-3-12(29)23-5-6-48)8-41-47(38,39)44-46(36,37)40-7-11-15(43-45(33,34)35)14(30)20(42-11)28-10-27-13-17(22)25-9-26-18(13)28/h9-11,15-16,30-31,48H,3-8H2,1-2H3,(H,23,29)(H,24,32)(H,36,37)(H,38,39)(H2,22,25,26)(H2,33,34,35)/t11-,15+,16-/m0/s1. The lowest BCUT2D eigenvalue weighted by Gasteiger charge is -2.30. The first kappa shape index (κ1) is 39.7. The van der Waals surface area contributed by atoms with Crippen LogP contribution in [0.25, 0.3) is 17.0 Å². The zero-order chi connectivity index (χ0) is 36.1. The molecule has 3 rings (SSSR count). The Morgan fingerprint density at radius 2 is 1.77 bits per heavy atom. The predicted octanol–water partition coefficient (Wildman–Crippen LogP) is -0.841. The van der Waals surface area contributed by atoms with Crippen LogP contribution in [0, 0.1) is 5.41 Å². The van der Waals surface area contributed by atoms with Gasteiger partial charge in [-0.3, -0.25) is 23.2 Å². The van der Waals surface area contributed by atoms with E-state index >= 15 is 0 Å². The molecule has 2 aromatic heterocycles. The summed E-state index contributed by atoms with van der Waals surface area (Å²) in [5, 5.41) is 26.0. The number of anilines is 1. The van der Waals surface area contributed by atoms with E-state index in [1.54, 1.807) is 0 Å². The number of nitrogen functional groups attached to an aromatic ring is 1. The van der Waals surface area contributed by atoms with Crippen molar-refractivity contribution in [2.75, 3.05) is 37.8 Å². The van der Waals surface area contributed by atoms with Gasteiger partial charge in [0.25, 0.3) is 0 Å². The van der Waals surface area contributed by atoms with Crippen molar-refractivity contribution < 1.29 is 75.7 Å². The van der Waals surface area contributed by atoms with Gasteiger partial charge in [0.1, 0.15) is 18.8 Å². The van der Waals surface area contributed by atoms with E-state index in [1.165, 1.54) is 13.8 Å². The van der Waals surface area contributed by atoms with Gasteiger partial charge in [0.2, 0.25) is 17.7 Å². The molecule has 0 fully saturated rings. The van der Waals surface area contributed by atoms with E-state index in [0.29, 0.717) is 12.3 Å². The van der Waals surface area contributed by atoms with Crippen LogP contribution in [-0.4, -0.2) is 111 Å². The molecular formula is C21H34N7O16P3S. The van der Waals surface area contributed by atoms with Gasteiger partial charge < -0.3 is 50.9 Å². The van der Waals surface area contributed by atoms with Crippen LogP contribution in [0.2, 0.25) is 0 Å². The third kappa shape index (κ3) is 10.9. The average Bonchev–Trinajstić information content (AvgIpc) is 3.54. The second kappa shape index (κ2) is 15.9. The van der Waals surface area contributed by atoms with Gasteiger partial charge in [-0.2, -0.15) is 16.9 Å². The maximum Gasteiger partial charge on any atom is 0.481 e. The minimum absolute atomic E-state index is 0.0204. The fourth-order valence-corrected chi connectivity index (χ4v) is 6.73. The number of imidazole rings is 1. The number of phosphoric ester groups is 3. The number of aliphatic hydroxyl groups excluding tert-OH is 2. The van der Waals surface area contributed by atoms with Crippen molar-refractivity contribution in [2.45, 2.75) is 38.6 Å². The van der Waals surface area contributed by atoms with Gasteiger partial charge in [0, 0.05) is 30.7 Å². The van der Waals surface area contributed by atoms with Gasteiger partial charge in [-0.1, -0.05) is 13.8 Å². The van der Waals surface area contributed by atoms with Crippen molar-refractivity contribution in [3.05, 3.63) is 18.4 Å². The number of ether oxygens (including phenoxy) is 1. The van der Waals surface area contributed by atoms with Crippen molar-refractivity contribution in [2.24, 2.45) is 5.41 Å². The van der Waals surface area contributed by atoms with Gasteiger partial charge in [-0.15, -0.1) is 0 Å². The number of hydrogen-bond donors (Lipinski definition) is 10. The van der Waals surface area contributed by atoms with Crippen LogP contribution >= 0.6 is 36.1 Å². The van der Waals surface area contributed by atoms with E-state index in [-0.39, 0.29) is 35.9 Å². The van der Waals surface area contributed by atoms with Gasteiger partial charge in [0.15, 0.2) is 34.9 Å². The number of phosphoric acid groups is 3. The van der Waals surface area contributed by atoms with E-state index in [9.17, 15) is 53.1 Å². The molecule has 1 aliphatic heterocycles. The maximum atomic E-state index is 12.6. The van der Waals surface area contributed by atoms with Crippen LogP contribution in [0.3, 0.4) is 0 Å². The number of nitrogens with one attached hydrogen (secondary N) is 2. The Balaban J connectivity index is 1.61. The molecule has 0 aromatic carbocycles. The summed E-state index contributed by atoms with van der Waals surface area (Å²) in [6.45, 7) is 0.661. The zero-order valence-corrected chi connectivity index (χ0v) is 28.6. The smallest absolute Gasteiger partial charge is 0.481 e. The van der Waals surface area contributed by atoms with E-state index in [0.717, 1.165) is 17.2 Å². The summed E-state index contributed by atoms with van der Waals surface area (Å²) < 4.78 is 61.3. The number of thiol groups is 1. The molecule has 1 aliphatic rings. The highest BCUT2D eigenvalue weighted by Gasteiger charge is 2.46. The van der Waals surface area contributed by atoms with Gasteiger partial charge in [0.05, 0.1) is 13.2 Å². The number of hydrogen-bond acceptors (Lipinski definition) is 17. The summed E-state index contributed by atoms with van der Waals surface area (Å²) in [7, 11) is -16.4. The first-order valence-electron chi connectivity index (χ1n) is 13.4. The molecule has 2 aromatic rings. The summed E-state index contributed by atoms with van der Waals surface area (Å²) >= 11 is 3.95. The van der Waals surface area contributed by atoms with Gasteiger partial charge in [-0.05, 0) is 0 Å². The van der Waals surface area contributed by atoms with Crippen molar-refractivity contribution in [1.82, 2.24) is 30.2 Å². The molecule has 270 valence electrons. The number of carbonyl (C=O) groups excluding carboxylic acids is 2. The second-order valence-electron chi connectivity index (χ2n) is 10.5. The fraction of sp³-hybridized carbons (Fsp3) is 0.571. The highest BCUT2D eigenvalue weighted by atomic mass is 32.1. The molecule has 27 heteroatoms. The molecule has 2 amide bonds. The van der Waals surface area contributed by atoms with Gasteiger partial charge in [-0.25, -0.2) is 33.2 Å². The summed E-state index contributed by atoms with van der Waals surface area (Å²) in [6, 6.07) is 0. The molecule has 0 saturated carbocycles. The zero-order valence-electron chi connectivity index (χ0n) is 25.1. The molecule has 0 radical (unpaired) electrons. The Morgan fingerprint density at radius 1 is 1.10 bits per heavy atom. The monoisotopic (exact) mass is 765 g/mol. The van der Waals surface area contributed by atoms with Crippen LogP contribution in [0.1, 0.15) is 20.3 Å². The highest BCUT2D eigenvalue weighted by Crippen LogP contribution is 2.61. The summed E-state index contributed by atoms with van der Waals surface area (Å²) in [4.78, 5) is 74.5. The summed E-state index contributed by atoms with van der Waals surface area (Å²) in [5.74, 6) is -2.46. The number of rotatable bonds is 18. The lowest BCUT2D eigenvalue weighted by molar-refractivity contribution is -0.137. The van der Waals surface area contributed by atoms with Crippen LogP contribution in [0.4, 0.5) is 5.82 Å². The molecule has 0 spiro atoms. The van der Waals surface area contributed by atoms with Crippen LogP contribution in [0.15, 0.2) is 18.4 Å². The Hall–Kier alpha value is -2.69. The fourth-order valence-electron chi connectivity index (χ4n) is 3.84. The molecule has 2 unspecified atom stereocenters. The topological polar surface area (TPSA) is 347 Å². The number of nitrogens with two attached hydrogens (primary N) is 1. The molecular weight excluding hydrogens is 731 g/mol. The molecule has 5 atom stereocenters. The number of aliphatic hydroxyl groups is 2. The third-order valence-corrected chi connectivity index (χ3v) is 9.51. The molecule has 3 heterocycles. The lowest BCUT2D eigenvalue weighted by atomic mass is 9.87. The maximum absolute atomic E-state index is 12.6. The Kier molecular flexibility index (Phi) is 13.2. The third-order valence-electron chi connectivity index (χ3n) is 6.20. The van der Waals surface area contributed by atoms with Crippen molar-refractivity contribution in [3.63, 3.8) is 0 Å². The molecule has 23 nitrogen and oxygen atoms in total. The molecule has 0 saturated heterocycles. The SMILES string of the molecule is CC(C)(COP(=O)(O)OP(=O)(O)OC[C@@H]1OC(n2cnc3c(N)ncnc32)=C(O)[C@@H]1OP(=O)(O)O)[C@@H](O)C(=O)NCCC(=O)NCCS.